The van der Waals surface area contributed by atoms with E-state index in [1.807, 2.05) is 42.8 Å². The van der Waals surface area contributed by atoms with E-state index >= 15 is 0 Å². The Morgan fingerprint density at radius 2 is 1.74 bits per heavy atom. The third-order valence-corrected chi connectivity index (χ3v) is 7.12. The fourth-order valence-electron chi connectivity index (χ4n) is 4.37. The molecule has 0 spiro atoms. The van der Waals surface area contributed by atoms with Gasteiger partial charge in [-0.2, -0.15) is 0 Å². The van der Waals surface area contributed by atoms with Gasteiger partial charge in [0.1, 0.15) is 22.8 Å². The average Bonchev–Trinajstić information content (AvgIpc) is 3.44. The number of halogens is 2. The van der Waals surface area contributed by atoms with Gasteiger partial charge in [0.2, 0.25) is 0 Å². The van der Waals surface area contributed by atoms with E-state index in [0.717, 1.165) is 23.2 Å². The molecule has 0 radical (unpaired) electrons. The van der Waals surface area contributed by atoms with Gasteiger partial charge in [-0.1, -0.05) is 35.3 Å². The van der Waals surface area contributed by atoms with Crippen LogP contribution in [-0.2, 0) is 4.74 Å². The summed E-state index contributed by atoms with van der Waals surface area (Å²) in [7, 11) is 5.13. The van der Waals surface area contributed by atoms with Gasteiger partial charge in [0.05, 0.1) is 30.9 Å². The summed E-state index contributed by atoms with van der Waals surface area (Å²) < 4.78 is 18.4. The SMILES string of the molecule is CCOCCN(C)c1cccc(-c2ncc3cc(-c4c(Cl)c(OC)cc(OC)c4Cl)c4nccn4c3n2)c1. The molecule has 0 atom stereocenters. The molecule has 196 valence electrons. The second kappa shape index (κ2) is 11.0. The second-order valence-corrected chi connectivity index (χ2v) is 9.36. The average molecular weight is 552 g/mol. The number of rotatable bonds is 9. The largest absolute Gasteiger partial charge is 0.495 e. The Morgan fingerprint density at radius 3 is 2.45 bits per heavy atom. The van der Waals surface area contributed by atoms with Gasteiger partial charge >= 0.3 is 0 Å². The number of hydrogen-bond donors (Lipinski definition) is 0. The predicted molar refractivity (Wildman–Crippen MR) is 152 cm³/mol. The van der Waals surface area contributed by atoms with E-state index in [1.54, 1.807) is 32.7 Å². The highest BCUT2D eigenvalue weighted by atomic mass is 35.5. The molecule has 2 aromatic carbocycles. The highest BCUT2D eigenvalue weighted by molar-refractivity contribution is 6.41. The van der Waals surface area contributed by atoms with Crippen LogP contribution in [0, 0.1) is 0 Å². The Morgan fingerprint density at radius 1 is 0.974 bits per heavy atom. The Balaban J connectivity index is 1.62. The number of ether oxygens (including phenoxy) is 3. The van der Waals surface area contributed by atoms with E-state index in [1.165, 1.54) is 0 Å². The van der Waals surface area contributed by atoms with Crippen molar-refractivity contribution < 1.29 is 14.2 Å². The molecule has 5 rings (SSSR count). The van der Waals surface area contributed by atoms with Crippen LogP contribution in [0.15, 0.2) is 55.0 Å². The van der Waals surface area contributed by atoms with Gasteiger partial charge in [-0.15, -0.1) is 0 Å². The minimum absolute atomic E-state index is 0.366. The van der Waals surface area contributed by atoms with Crippen LogP contribution < -0.4 is 14.4 Å². The smallest absolute Gasteiger partial charge is 0.161 e. The number of aromatic nitrogens is 4. The summed E-state index contributed by atoms with van der Waals surface area (Å²) in [6.45, 7) is 4.15. The van der Waals surface area contributed by atoms with Gasteiger partial charge in [-0.05, 0) is 25.1 Å². The zero-order chi connectivity index (χ0) is 26.8. The van der Waals surface area contributed by atoms with E-state index in [4.69, 9.17) is 42.4 Å². The van der Waals surface area contributed by atoms with Crippen LogP contribution in [0.4, 0.5) is 5.69 Å². The number of imidazole rings is 1. The van der Waals surface area contributed by atoms with E-state index < -0.39 is 0 Å². The van der Waals surface area contributed by atoms with Crippen molar-refractivity contribution in [1.82, 2.24) is 19.4 Å². The van der Waals surface area contributed by atoms with Crippen molar-refractivity contribution in [3.05, 3.63) is 65.0 Å². The first-order valence-electron chi connectivity index (χ1n) is 12.1. The highest BCUT2D eigenvalue weighted by Crippen LogP contribution is 2.47. The first-order chi connectivity index (χ1) is 18.5. The molecule has 0 bridgehead atoms. The lowest BCUT2D eigenvalue weighted by Crippen LogP contribution is -2.22. The summed E-state index contributed by atoms with van der Waals surface area (Å²) in [5.74, 6) is 1.51. The number of methoxy groups -OCH3 is 2. The number of hydrogen-bond acceptors (Lipinski definition) is 7. The van der Waals surface area contributed by atoms with E-state index in [-0.39, 0.29) is 0 Å². The molecule has 3 heterocycles. The summed E-state index contributed by atoms with van der Waals surface area (Å²) in [5.41, 5.74) is 4.60. The summed E-state index contributed by atoms with van der Waals surface area (Å²) in [5, 5.41) is 1.53. The quantitative estimate of drug-likeness (QED) is 0.196. The summed E-state index contributed by atoms with van der Waals surface area (Å²) in [4.78, 5) is 16.4. The number of pyridine rings is 1. The maximum Gasteiger partial charge on any atom is 0.161 e. The van der Waals surface area contributed by atoms with Crippen LogP contribution >= 0.6 is 23.2 Å². The number of fused-ring (bicyclic) bond motifs is 3. The molecule has 0 aliphatic heterocycles. The molecule has 0 fully saturated rings. The molecule has 0 saturated carbocycles. The Bertz CT molecular complexity index is 1590. The van der Waals surface area contributed by atoms with Crippen LogP contribution in [0.3, 0.4) is 0 Å². The van der Waals surface area contributed by atoms with Gasteiger partial charge in [0, 0.05) is 72.6 Å². The van der Waals surface area contributed by atoms with E-state index in [9.17, 15) is 0 Å². The third kappa shape index (κ3) is 4.71. The van der Waals surface area contributed by atoms with Crippen molar-refractivity contribution in [3.63, 3.8) is 0 Å². The number of benzene rings is 2. The monoisotopic (exact) mass is 551 g/mol. The molecule has 0 aliphatic carbocycles. The molecule has 3 aromatic heterocycles. The first kappa shape index (κ1) is 26.0. The highest BCUT2D eigenvalue weighted by Gasteiger charge is 2.22. The Labute approximate surface area is 230 Å². The lowest BCUT2D eigenvalue weighted by Gasteiger charge is -2.19. The van der Waals surface area contributed by atoms with Crippen molar-refractivity contribution in [2.75, 3.05) is 45.9 Å². The van der Waals surface area contributed by atoms with Crippen LogP contribution in [0.5, 0.6) is 11.5 Å². The molecule has 0 N–H and O–H groups in total. The zero-order valence-electron chi connectivity index (χ0n) is 21.5. The Kier molecular flexibility index (Phi) is 7.56. The van der Waals surface area contributed by atoms with Gasteiger partial charge in [-0.3, -0.25) is 4.40 Å². The predicted octanol–water partition coefficient (Wildman–Crippen LogP) is 6.41. The maximum atomic E-state index is 6.74. The van der Waals surface area contributed by atoms with Crippen LogP contribution in [0.2, 0.25) is 10.0 Å². The molecular weight excluding hydrogens is 525 g/mol. The Hall–Kier alpha value is -3.59. The second-order valence-electron chi connectivity index (χ2n) is 8.60. The molecule has 0 amide bonds. The minimum Gasteiger partial charge on any atom is -0.495 e. The molecule has 0 aliphatic rings. The number of likely N-dealkylation sites (N-methyl/N-ethyl adjacent to an activating group) is 1. The van der Waals surface area contributed by atoms with Crippen molar-refractivity contribution in [2.45, 2.75) is 6.92 Å². The normalized spacial score (nSPS) is 11.3. The fraction of sp³-hybridized carbons (Fsp3) is 0.250. The molecule has 0 saturated heterocycles. The summed E-state index contributed by atoms with van der Waals surface area (Å²) >= 11 is 13.5. The molecule has 0 unspecified atom stereocenters. The maximum absolute atomic E-state index is 6.74. The van der Waals surface area contributed by atoms with E-state index in [0.29, 0.717) is 63.0 Å². The lowest BCUT2D eigenvalue weighted by molar-refractivity contribution is 0.154. The minimum atomic E-state index is 0.366. The molecule has 5 aromatic rings. The van der Waals surface area contributed by atoms with Gasteiger partial charge in [-0.25, -0.2) is 15.0 Å². The van der Waals surface area contributed by atoms with Crippen molar-refractivity contribution >= 4 is 45.6 Å². The first-order valence-corrected chi connectivity index (χ1v) is 12.8. The molecule has 10 heteroatoms. The number of anilines is 1. The zero-order valence-corrected chi connectivity index (χ0v) is 23.0. The topological polar surface area (TPSA) is 74.0 Å². The van der Waals surface area contributed by atoms with Crippen LogP contribution in [-0.4, -0.2) is 60.4 Å². The van der Waals surface area contributed by atoms with Crippen molar-refractivity contribution in [3.8, 4) is 34.0 Å². The van der Waals surface area contributed by atoms with Gasteiger partial charge < -0.3 is 19.1 Å². The molecular formula is C28H27Cl2N5O3. The summed E-state index contributed by atoms with van der Waals surface area (Å²) in [6.07, 6.45) is 5.37. The van der Waals surface area contributed by atoms with Crippen LogP contribution in [0.1, 0.15) is 6.92 Å². The number of nitrogens with zero attached hydrogens (tertiary/aromatic N) is 5. The van der Waals surface area contributed by atoms with E-state index in [2.05, 4.69) is 27.0 Å². The van der Waals surface area contributed by atoms with Gasteiger partial charge in [0.25, 0.3) is 0 Å². The molecule has 38 heavy (non-hydrogen) atoms. The fourth-order valence-corrected chi connectivity index (χ4v) is 5.08. The van der Waals surface area contributed by atoms with Crippen molar-refractivity contribution in [1.29, 1.82) is 0 Å². The van der Waals surface area contributed by atoms with Gasteiger partial charge in [0.15, 0.2) is 5.82 Å². The lowest BCUT2D eigenvalue weighted by atomic mass is 10.0. The van der Waals surface area contributed by atoms with Crippen LogP contribution in [0.25, 0.3) is 39.2 Å². The third-order valence-electron chi connectivity index (χ3n) is 6.37. The standard InChI is InChI=1S/C28H27Cl2N5O3/c1-5-38-12-11-34(2)19-8-6-7-17(13-19)26-32-16-18-14-20(28-31-9-10-35(28)27(18)33-26)23-24(29)21(36-3)15-22(37-4)25(23)30/h6-10,13-16H,5,11-12H2,1-4H3. The molecule has 8 nitrogen and oxygen atoms in total. The van der Waals surface area contributed by atoms with Crippen molar-refractivity contribution in [2.24, 2.45) is 0 Å². The summed E-state index contributed by atoms with van der Waals surface area (Å²) in [6, 6.07) is 11.7.